The first-order chi connectivity index (χ1) is 16.8. The number of para-hydroxylation sites is 1. The van der Waals surface area contributed by atoms with Crippen molar-refractivity contribution in [1.29, 1.82) is 0 Å². The van der Waals surface area contributed by atoms with Gasteiger partial charge >= 0.3 is 0 Å². The molecule has 2 N–H and O–H groups in total. The van der Waals surface area contributed by atoms with Gasteiger partial charge in [0, 0.05) is 16.6 Å². The van der Waals surface area contributed by atoms with Crippen LogP contribution in [0.25, 0.3) is 27.6 Å². The third-order valence-corrected chi connectivity index (χ3v) is 6.88. The number of anilines is 1. The lowest BCUT2D eigenvalue weighted by Gasteiger charge is -2.15. The molecule has 5 rings (SSSR count). The molecule has 0 unspecified atom stereocenters. The highest BCUT2D eigenvalue weighted by molar-refractivity contribution is 7.99. The van der Waals surface area contributed by atoms with Gasteiger partial charge in [-0.25, -0.2) is 4.98 Å². The van der Waals surface area contributed by atoms with Gasteiger partial charge < -0.3 is 10.3 Å². The lowest BCUT2D eigenvalue weighted by Crippen LogP contribution is -2.23. The van der Waals surface area contributed by atoms with Crippen molar-refractivity contribution in [2.75, 3.05) is 11.1 Å². The van der Waals surface area contributed by atoms with Crippen LogP contribution in [0.15, 0.2) is 70.6 Å². The van der Waals surface area contributed by atoms with Crippen molar-refractivity contribution in [1.82, 2.24) is 14.5 Å². The number of hydrogen-bond donors (Lipinski definition) is 2. The molecule has 0 aliphatic heterocycles. The zero-order valence-corrected chi connectivity index (χ0v) is 20.9. The minimum absolute atomic E-state index is 0.123. The molecule has 0 bridgehead atoms. The van der Waals surface area contributed by atoms with Crippen molar-refractivity contribution in [3.05, 3.63) is 93.3 Å². The summed E-state index contributed by atoms with van der Waals surface area (Å²) in [6, 6.07) is 19.7. The predicted molar refractivity (Wildman–Crippen MR) is 144 cm³/mol. The third-order valence-electron chi connectivity index (χ3n) is 5.94. The number of H-pyrrole nitrogens is 1. The van der Waals surface area contributed by atoms with E-state index in [1.165, 1.54) is 11.8 Å². The number of aryl methyl sites for hydroxylation is 4. The molecule has 176 valence electrons. The van der Waals surface area contributed by atoms with E-state index in [4.69, 9.17) is 4.98 Å². The van der Waals surface area contributed by atoms with E-state index in [9.17, 15) is 9.59 Å². The molecule has 0 radical (unpaired) electrons. The van der Waals surface area contributed by atoms with Gasteiger partial charge in [-0.3, -0.25) is 14.2 Å². The van der Waals surface area contributed by atoms with Gasteiger partial charge in [-0.2, -0.15) is 0 Å². The van der Waals surface area contributed by atoms with Crippen molar-refractivity contribution < 1.29 is 4.79 Å². The number of benzene rings is 3. The fourth-order valence-electron chi connectivity index (χ4n) is 4.39. The summed E-state index contributed by atoms with van der Waals surface area (Å²) in [6.45, 7) is 7.96. The number of nitrogens with one attached hydrogen (secondary N) is 2. The minimum Gasteiger partial charge on any atom is -0.349 e. The average Bonchev–Trinajstić information content (AvgIpc) is 3.18. The fraction of sp³-hybridized carbons (Fsp3) is 0.179. The largest absolute Gasteiger partial charge is 0.349 e. The number of aromatic nitrogens is 3. The highest BCUT2D eigenvalue weighted by Gasteiger charge is 2.19. The number of nitrogens with zero attached hydrogens (tertiary/aromatic N) is 2. The van der Waals surface area contributed by atoms with E-state index in [1.54, 1.807) is 4.57 Å². The van der Waals surface area contributed by atoms with Crippen LogP contribution >= 0.6 is 11.8 Å². The maximum atomic E-state index is 13.8. The Labute approximate surface area is 207 Å². The van der Waals surface area contributed by atoms with E-state index in [-0.39, 0.29) is 17.2 Å². The molecular weight excluding hydrogens is 456 g/mol. The summed E-state index contributed by atoms with van der Waals surface area (Å²) < 4.78 is 1.62. The smallest absolute Gasteiger partial charge is 0.283 e. The lowest BCUT2D eigenvalue weighted by molar-refractivity contribution is -0.113. The molecule has 0 saturated heterocycles. The molecular formula is C28H26N4O2S. The number of thioether (sulfide) groups is 1. The molecule has 0 spiro atoms. The van der Waals surface area contributed by atoms with Gasteiger partial charge in [0.05, 0.1) is 11.4 Å². The summed E-state index contributed by atoms with van der Waals surface area (Å²) >= 11 is 1.26. The molecule has 2 heterocycles. The van der Waals surface area contributed by atoms with Crippen molar-refractivity contribution in [3.63, 3.8) is 0 Å². The number of aromatic amines is 1. The van der Waals surface area contributed by atoms with E-state index in [0.717, 1.165) is 44.5 Å². The Morgan fingerprint density at radius 3 is 2.49 bits per heavy atom. The Morgan fingerprint density at radius 1 is 0.971 bits per heavy atom. The minimum atomic E-state index is -0.183. The van der Waals surface area contributed by atoms with Crippen LogP contribution in [-0.4, -0.2) is 26.2 Å². The van der Waals surface area contributed by atoms with Crippen LogP contribution in [0, 0.1) is 27.7 Å². The van der Waals surface area contributed by atoms with Gasteiger partial charge in [-0.1, -0.05) is 48.2 Å². The van der Waals surface area contributed by atoms with Gasteiger partial charge in [-0.15, -0.1) is 0 Å². The average molecular weight is 483 g/mol. The molecule has 0 atom stereocenters. The second-order valence-corrected chi connectivity index (χ2v) is 9.87. The number of amides is 1. The van der Waals surface area contributed by atoms with Gasteiger partial charge in [0.1, 0.15) is 11.0 Å². The van der Waals surface area contributed by atoms with Crippen LogP contribution in [-0.2, 0) is 4.79 Å². The topological polar surface area (TPSA) is 79.8 Å². The maximum Gasteiger partial charge on any atom is 0.283 e. The zero-order chi connectivity index (χ0) is 24.7. The number of carbonyl (C=O) groups excluding carboxylic acids is 1. The Morgan fingerprint density at radius 2 is 1.71 bits per heavy atom. The van der Waals surface area contributed by atoms with Gasteiger partial charge in [0.25, 0.3) is 5.56 Å². The van der Waals surface area contributed by atoms with E-state index in [0.29, 0.717) is 16.2 Å². The molecule has 0 saturated carbocycles. The van der Waals surface area contributed by atoms with Crippen LogP contribution < -0.4 is 10.9 Å². The molecule has 3 aromatic carbocycles. The van der Waals surface area contributed by atoms with Crippen molar-refractivity contribution in [2.45, 2.75) is 32.9 Å². The first-order valence-electron chi connectivity index (χ1n) is 11.4. The second-order valence-electron chi connectivity index (χ2n) is 8.93. The molecule has 2 aromatic heterocycles. The first-order valence-corrected chi connectivity index (χ1v) is 12.4. The molecule has 0 fully saturated rings. The van der Waals surface area contributed by atoms with Gasteiger partial charge in [0.15, 0.2) is 5.16 Å². The summed E-state index contributed by atoms with van der Waals surface area (Å²) in [5.74, 6) is -0.0289. The lowest BCUT2D eigenvalue weighted by atomic mass is 10.1. The van der Waals surface area contributed by atoms with Gasteiger partial charge in [0.2, 0.25) is 5.91 Å². The Kier molecular flexibility index (Phi) is 5.94. The van der Waals surface area contributed by atoms with Gasteiger partial charge in [-0.05, 0) is 74.2 Å². The van der Waals surface area contributed by atoms with Crippen LogP contribution in [0.3, 0.4) is 0 Å². The highest BCUT2D eigenvalue weighted by atomic mass is 32.2. The summed E-state index contributed by atoms with van der Waals surface area (Å²) in [5.41, 5.74) is 7.44. The van der Waals surface area contributed by atoms with Crippen LogP contribution in [0.1, 0.15) is 22.3 Å². The quantitative estimate of drug-likeness (QED) is 0.244. The number of hydrogen-bond acceptors (Lipinski definition) is 4. The second kappa shape index (κ2) is 9.07. The normalized spacial score (nSPS) is 11.3. The molecule has 7 heteroatoms. The molecule has 6 nitrogen and oxygen atoms in total. The molecule has 5 aromatic rings. The summed E-state index contributed by atoms with van der Waals surface area (Å²) in [7, 11) is 0. The third kappa shape index (κ3) is 4.47. The Bertz CT molecular complexity index is 1650. The maximum absolute atomic E-state index is 13.8. The number of rotatable bonds is 5. The summed E-state index contributed by atoms with van der Waals surface area (Å²) in [4.78, 5) is 34.7. The number of carbonyl (C=O) groups is 1. The van der Waals surface area contributed by atoms with Crippen molar-refractivity contribution in [2.24, 2.45) is 0 Å². The Balaban J connectivity index is 1.58. The summed E-state index contributed by atoms with van der Waals surface area (Å²) in [6.07, 6.45) is 0. The van der Waals surface area contributed by atoms with Crippen LogP contribution in [0.2, 0.25) is 0 Å². The zero-order valence-electron chi connectivity index (χ0n) is 20.1. The predicted octanol–water partition coefficient (Wildman–Crippen LogP) is 5.83. The number of fused-ring (bicyclic) bond motifs is 3. The standard InChI is InChI=1S/C28H26N4O2S/c1-16-9-10-19(4)23(14-16)32-27(34)26-25(21-7-5-6-8-22(21)30-26)31-28(32)35-15-24(33)29-20-12-17(2)11-18(3)13-20/h5-14,30H,15H2,1-4H3,(H,29,33). The van der Waals surface area contributed by atoms with Crippen molar-refractivity contribution >= 4 is 45.3 Å². The monoisotopic (exact) mass is 482 g/mol. The molecule has 0 aliphatic carbocycles. The van der Waals surface area contributed by atoms with E-state index in [1.807, 2.05) is 82.3 Å². The highest BCUT2D eigenvalue weighted by Crippen LogP contribution is 2.28. The Hall–Kier alpha value is -3.84. The van der Waals surface area contributed by atoms with Crippen LogP contribution in [0.4, 0.5) is 5.69 Å². The molecule has 0 aliphatic rings. The van der Waals surface area contributed by atoms with E-state index >= 15 is 0 Å². The fourth-order valence-corrected chi connectivity index (χ4v) is 5.18. The van der Waals surface area contributed by atoms with Crippen molar-refractivity contribution in [3.8, 4) is 5.69 Å². The van der Waals surface area contributed by atoms with Crippen LogP contribution in [0.5, 0.6) is 0 Å². The van der Waals surface area contributed by atoms with E-state index < -0.39 is 0 Å². The molecule has 35 heavy (non-hydrogen) atoms. The summed E-state index contributed by atoms with van der Waals surface area (Å²) in [5, 5.41) is 4.34. The molecule has 1 amide bonds. The SMILES string of the molecule is Cc1cc(C)cc(NC(=O)CSc2nc3c([nH]c4ccccc43)c(=O)n2-c2cc(C)ccc2C)c1. The first kappa shape index (κ1) is 22.9. The van der Waals surface area contributed by atoms with E-state index in [2.05, 4.69) is 16.4 Å².